The first-order chi connectivity index (χ1) is 15.9. The molecule has 0 fully saturated rings. The molecular formula is C23H48O6S4. The van der Waals surface area contributed by atoms with E-state index in [4.69, 9.17) is 20.4 Å². The normalized spacial score (nSPS) is 12.5. The van der Waals surface area contributed by atoms with Crippen molar-refractivity contribution < 1.29 is 30.6 Å². The van der Waals surface area contributed by atoms with Crippen LogP contribution < -0.4 is 0 Å². The highest BCUT2D eigenvalue weighted by Gasteiger charge is 2.37. The van der Waals surface area contributed by atoms with Crippen LogP contribution in [0.2, 0.25) is 0 Å². The van der Waals surface area contributed by atoms with Crippen LogP contribution in [0.1, 0.15) is 57.8 Å². The molecule has 0 saturated heterocycles. The summed E-state index contributed by atoms with van der Waals surface area (Å²) in [7, 11) is 0. The zero-order valence-electron chi connectivity index (χ0n) is 20.2. The van der Waals surface area contributed by atoms with Gasteiger partial charge >= 0.3 is 0 Å². The summed E-state index contributed by atoms with van der Waals surface area (Å²) in [6, 6.07) is 0. The summed E-state index contributed by atoms with van der Waals surface area (Å²) in [5.41, 5.74) is -1.85. The first kappa shape index (κ1) is 34.2. The van der Waals surface area contributed by atoms with Gasteiger partial charge in [0.2, 0.25) is 0 Å². The van der Waals surface area contributed by atoms with Crippen molar-refractivity contribution in [2.75, 3.05) is 72.5 Å². The highest BCUT2D eigenvalue weighted by molar-refractivity contribution is 7.99. The van der Waals surface area contributed by atoms with Gasteiger partial charge in [-0.1, -0.05) is 0 Å². The molecule has 0 aliphatic rings. The Morgan fingerprint density at radius 3 is 0.848 bits per heavy atom. The van der Waals surface area contributed by atoms with Crippen molar-refractivity contribution in [1.82, 2.24) is 0 Å². The van der Waals surface area contributed by atoms with Crippen LogP contribution in [0.3, 0.4) is 0 Å². The molecular weight excluding hydrogens is 501 g/mol. The summed E-state index contributed by atoms with van der Waals surface area (Å²) < 4.78 is 0. The van der Waals surface area contributed by atoms with E-state index in [9.17, 15) is 10.2 Å². The summed E-state index contributed by atoms with van der Waals surface area (Å²) in [5.74, 6) is 6.36. The Bertz CT molecular complexity index is 356. The van der Waals surface area contributed by atoms with Gasteiger partial charge < -0.3 is 30.6 Å². The quantitative estimate of drug-likeness (QED) is 0.0900. The molecule has 6 N–H and O–H groups in total. The van der Waals surface area contributed by atoms with Gasteiger partial charge in [-0.2, -0.15) is 47.0 Å². The third-order valence-corrected chi connectivity index (χ3v) is 9.52. The number of hydrogen-bond acceptors (Lipinski definition) is 10. The third-order valence-electron chi connectivity index (χ3n) is 5.32. The second-order valence-electron chi connectivity index (χ2n) is 8.38. The minimum absolute atomic E-state index is 0.166. The van der Waals surface area contributed by atoms with E-state index in [1.165, 1.54) is 0 Å². The molecule has 0 aliphatic heterocycles. The molecule has 0 unspecified atom stereocenters. The molecule has 0 aromatic rings. The second kappa shape index (κ2) is 23.6. The largest absolute Gasteiger partial charge is 0.396 e. The predicted octanol–water partition coefficient (Wildman–Crippen LogP) is 2.86. The monoisotopic (exact) mass is 548 g/mol. The molecule has 10 heteroatoms. The number of rotatable bonds is 26. The Morgan fingerprint density at radius 1 is 0.394 bits per heavy atom. The van der Waals surface area contributed by atoms with Crippen LogP contribution in [-0.4, -0.2) is 114 Å². The highest BCUT2D eigenvalue weighted by atomic mass is 32.2. The lowest BCUT2D eigenvalue weighted by Crippen LogP contribution is -2.42. The maximum absolute atomic E-state index is 11.6. The minimum Gasteiger partial charge on any atom is -0.396 e. The predicted molar refractivity (Wildman–Crippen MR) is 149 cm³/mol. The van der Waals surface area contributed by atoms with Crippen LogP contribution in [0.15, 0.2) is 0 Å². The molecule has 0 radical (unpaired) electrons. The van der Waals surface area contributed by atoms with Crippen LogP contribution in [0.4, 0.5) is 0 Å². The van der Waals surface area contributed by atoms with Crippen molar-refractivity contribution >= 4 is 47.0 Å². The third kappa shape index (κ3) is 21.0. The van der Waals surface area contributed by atoms with Crippen molar-refractivity contribution in [3.05, 3.63) is 0 Å². The zero-order chi connectivity index (χ0) is 24.7. The van der Waals surface area contributed by atoms with Gasteiger partial charge in [-0.15, -0.1) is 0 Å². The molecule has 6 nitrogen and oxygen atoms in total. The van der Waals surface area contributed by atoms with Gasteiger partial charge in [-0.05, 0) is 74.4 Å². The van der Waals surface area contributed by atoms with Crippen LogP contribution in [-0.2, 0) is 0 Å². The number of thioether (sulfide) groups is 4. The lowest BCUT2D eigenvalue weighted by molar-refractivity contribution is -0.0809. The van der Waals surface area contributed by atoms with Crippen molar-refractivity contribution in [3.8, 4) is 0 Å². The molecule has 0 aromatic heterocycles. The average molecular weight is 549 g/mol. The molecule has 0 heterocycles. The number of aliphatic hydroxyl groups is 6. The summed E-state index contributed by atoms with van der Waals surface area (Å²) in [5, 5.41) is 59.1. The van der Waals surface area contributed by atoms with E-state index in [-0.39, 0.29) is 26.4 Å². The van der Waals surface area contributed by atoms with Gasteiger partial charge in [0.1, 0.15) is 0 Å². The Kier molecular flexibility index (Phi) is 24.4. The number of hydrogen-bond donors (Lipinski definition) is 6. The molecule has 0 spiro atoms. The summed E-state index contributed by atoms with van der Waals surface area (Å²) in [6.07, 6.45) is 6.30. The van der Waals surface area contributed by atoms with Crippen LogP contribution in [0.5, 0.6) is 0 Å². The topological polar surface area (TPSA) is 121 Å². The van der Waals surface area contributed by atoms with Gasteiger partial charge in [0, 0.05) is 29.4 Å². The molecule has 33 heavy (non-hydrogen) atoms. The van der Waals surface area contributed by atoms with E-state index in [2.05, 4.69) is 0 Å². The summed E-state index contributed by atoms with van der Waals surface area (Å²) in [6.45, 7) is 0.664. The first-order valence-electron chi connectivity index (χ1n) is 12.1. The average Bonchev–Trinajstić information content (AvgIpc) is 2.78. The van der Waals surface area contributed by atoms with Gasteiger partial charge in [0.15, 0.2) is 0 Å². The Hall–Kier alpha value is 1.16. The fourth-order valence-corrected chi connectivity index (χ4v) is 6.62. The Labute approximate surface area is 218 Å². The second-order valence-corrected chi connectivity index (χ2v) is 13.3. The van der Waals surface area contributed by atoms with Crippen LogP contribution in [0, 0.1) is 0 Å². The van der Waals surface area contributed by atoms with Crippen molar-refractivity contribution in [2.45, 2.75) is 69.0 Å². The van der Waals surface area contributed by atoms with Crippen LogP contribution >= 0.6 is 47.0 Å². The molecule has 0 rings (SSSR count). The molecule has 0 amide bonds. The SMILES string of the molecule is OCCSCCCC(O)(CCCSCCO)CC(O)(CCCSCCO)CCCSCCO. The van der Waals surface area contributed by atoms with E-state index in [0.29, 0.717) is 55.1 Å². The molecule has 0 saturated carbocycles. The lowest BCUT2D eigenvalue weighted by atomic mass is 9.77. The van der Waals surface area contributed by atoms with Gasteiger partial charge in [-0.25, -0.2) is 0 Å². The van der Waals surface area contributed by atoms with Gasteiger partial charge in [0.25, 0.3) is 0 Å². The molecule has 0 atom stereocenters. The fraction of sp³-hybridized carbons (Fsp3) is 1.00. The summed E-state index contributed by atoms with van der Waals surface area (Å²) >= 11 is 6.75. The lowest BCUT2D eigenvalue weighted by Gasteiger charge is -2.38. The molecule has 200 valence electrons. The zero-order valence-corrected chi connectivity index (χ0v) is 23.4. The number of aliphatic hydroxyl groups excluding tert-OH is 4. The Morgan fingerprint density at radius 2 is 0.636 bits per heavy atom. The van der Waals surface area contributed by atoms with E-state index in [1.54, 1.807) is 47.0 Å². The van der Waals surface area contributed by atoms with E-state index in [1.807, 2.05) is 0 Å². The maximum Gasteiger partial charge on any atom is 0.0675 e. The van der Waals surface area contributed by atoms with Crippen molar-refractivity contribution in [3.63, 3.8) is 0 Å². The maximum atomic E-state index is 11.6. The Balaban J connectivity index is 5.00. The first-order valence-corrected chi connectivity index (χ1v) is 16.8. The van der Waals surface area contributed by atoms with Crippen molar-refractivity contribution in [2.24, 2.45) is 0 Å². The van der Waals surface area contributed by atoms with Crippen LogP contribution in [0.25, 0.3) is 0 Å². The summed E-state index contributed by atoms with van der Waals surface area (Å²) in [4.78, 5) is 0. The minimum atomic E-state index is -0.926. The molecule has 0 aromatic carbocycles. The smallest absolute Gasteiger partial charge is 0.0675 e. The van der Waals surface area contributed by atoms with Gasteiger partial charge in [-0.3, -0.25) is 0 Å². The van der Waals surface area contributed by atoms with Crippen molar-refractivity contribution in [1.29, 1.82) is 0 Å². The fourth-order valence-electron chi connectivity index (χ4n) is 3.90. The molecule has 0 aliphatic carbocycles. The highest BCUT2D eigenvalue weighted by Crippen LogP contribution is 2.36. The van der Waals surface area contributed by atoms with Gasteiger partial charge in [0.05, 0.1) is 37.6 Å². The standard InChI is InChI=1S/C23H48O6S4/c24-9-17-30-13-1-5-22(28,6-2-14-31-18-10-25)21-23(29,7-3-15-32-19-11-26)8-4-16-33-20-12-27/h24-29H,1-21H2. The molecule has 0 bridgehead atoms. The van der Waals surface area contributed by atoms with E-state index in [0.717, 1.165) is 48.7 Å². The van der Waals surface area contributed by atoms with E-state index < -0.39 is 11.2 Å². The van der Waals surface area contributed by atoms with E-state index >= 15 is 0 Å².